The minimum atomic E-state index is -0.157. The summed E-state index contributed by atoms with van der Waals surface area (Å²) in [5.41, 5.74) is 1.94. The maximum Gasteiger partial charge on any atom is 0.220 e. The molecule has 1 N–H and O–H groups in total. The molecule has 0 fully saturated rings. The molecule has 3 rings (SSSR count). The number of ether oxygens (including phenoxy) is 1. The van der Waals surface area contributed by atoms with Crippen LogP contribution in [0, 0.1) is 6.92 Å². The number of nitrogens with zero attached hydrogens (tertiary/aromatic N) is 3. The lowest BCUT2D eigenvalue weighted by Gasteiger charge is -2.17. The molecule has 2 heterocycles. The van der Waals surface area contributed by atoms with E-state index in [-0.39, 0.29) is 11.9 Å². The van der Waals surface area contributed by atoms with E-state index in [0.717, 1.165) is 35.0 Å². The molecule has 0 aliphatic carbocycles. The number of benzene rings is 1. The first-order chi connectivity index (χ1) is 13.7. The van der Waals surface area contributed by atoms with Crippen LogP contribution in [0.25, 0.3) is 5.65 Å². The first kappa shape index (κ1) is 20.2. The molecule has 1 aromatic carbocycles. The first-order valence-corrected chi connectivity index (χ1v) is 10.8. The van der Waals surface area contributed by atoms with Gasteiger partial charge in [-0.05, 0) is 61.6 Å². The van der Waals surface area contributed by atoms with E-state index in [1.54, 1.807) is 11.8 Å². The number of aryl methyl sites for hydroxylation is 1. The number of thioether (sulfide) groups is 1. The second-order valence-electron chi connectivity index (χ2n) is 6.66. The van der Waals surface area contributed by atoms with Gasteiger partial charge in [0.05, 0.1) is 12.6 Å². The predicted octanol–water partition coefficient (Wildman–Crippen LogP) is 3.81. The van der Waals surface area contributed by atoms with E-state index in [4.69, 9.17) is 4.74 Å². The Morgan fingerprint density at radius 3 is 2.96 bits per heavy atom. The molecule has 2 aromatic heterocycles. The van der Waals surface area contributed by atoms with Crippen LogP contribution < -0.4 is 10.1 Å². The van der Waals surface area contributed by atoms with Gasteiger partial charge in [0.1, 0.15) is 5.75 Å². The first-order valence-electron chi connectivity index (χ1n) is 9.45. The van der Waals surface area contributed by atoms with Crippen LogP contribution in [0.5, 0.6) is 5.75 Å². The zero-order valence-corrected chi connectivity index (χ0v) is 17.1. The Kier molecular flexibility index (Phi) is 7.31. The second-order valence-corrected chi connectivity index (χ2v) is 7.64. The maximum atomic E-state index is 12.5. The van der Waals surface area contributed by atoms with Crippen molar-refractivity contribution in [3.05, 3.63) is 60.0 Å². The topological polar surface area (TPSA) is 68.5 Å². The van der Waals surface area contributed by atoms with Crippen LogP contribution in [0.4, 0.5) is 0 Å². The van der Waals surface area contributed by atoms with Crippen molar-refractivity contribution in [2.24, 2.45) is 0 Å². The lowest BCUT2D eigenvalue weighted by Crippen LogP contribution is -2.30. The molecule has 0 radical (unpaired) electrons. The average molecular weight is 399 g/mol. The van der Waals surface area contributed by atoms with Crippen molar-refractivity contribution in [2.75, 3.05) is 18.6 Å². The lowest BCUT2D eigenvalue weighted by molar-refractivity contribution is -0.122. The average Bonchev–Trinajstić information content (AvgIpc) is 3.13. The monoisotopic (exact) mass is 398 g/mol. The zero-order chi connectivity index (χ0) is 19.8. The van der Waals surface area contributed by atoms with E-state index in [1.165, 1.54) is 0 Å². The summed E-state index contributed by atoms with van der Waals surface area (Å²) < 4.78 is 7.66. The van der Waals surface area contributed by atoms with Gasteiger partial charge in [-0.3, -0.25) is 9.20 Å². The molecule has 1 unspecified atom stereocenters. The van der Waals surface area contributed by atoms with Crippen molar-refractivity contribution >= 4 is 23.3 Å². The molecular weight excluding hydrogens is 372 g/mol. The molecule has 7 heteroatoms. The quantitative estimate of drug-likeness (QED) is 0.526. The fraction of sp³-hybridized carbons (Fsp3) is 0.381. The number of pyridine rings is 1. The van der Waals surface area contributed by atoms with E-state index < -0.39 is 0 Å². The van der Waals surface area contributed by atoms with Crippen molar-refractivity contribution < 1.29 is 9.53 Å². The van der Waals surface area contributed by atoms with Crippen LogP contribution >= 0.6 is 11.8 Å². The number of carbonyl (C=O) groups is 1. The molecule has 0 spiro atoms. The fourth-order valence-electron chi connectivity index (χ4n) is 2.99. The minimum absolute atomic E-state index is 0.00614. The van der Waals surface area contributed by atoms with Gasteiger partial charge in [-0.15, -0.1) is 10.2 Å². The Morgan fingerprint density at radius 2 is 2.14 bits per heavy atom. The highest BCUT2D eigenvalue weighted by Crippen LogP contribution is 2.19. The Labute approximate surface area is 169 Å². The van der Waals surface area contributed by atoms with Gasteiger partial charge < -0.3 is 10.1 Å². The largest absolute Gasteiger partial charge is 0.494 e. The van der Waals surface area contributed by atoms with Crippen molar-refractivity contribution in [3.8, 4) is 5.75 Å². The normalized spacial score (nSPS) is 12.1. The standard InChI is InChI=1S/C21H26N4O2S/c1-16-7-5-8-17(15-16)27-13-6-10-20(26)22-18(11-14-28-2)21-24-23-19-9-3-4-12-25(19)21/h3-5,7-9,12,15,18H,6,10-11,13-14H2,1-2H3,(H,22,26). The van der Waals surface area contributed by atoms with Crippen molar-refractivity contribution in [2.45, 2.75) is 32.2 Å². The molecule has 0 aliphatic rings. The van der Waals surface area contributed by atoms with Crippen LogP contribution in [0.2, 0.25) is 0 Å². The number of nitrogens with one attached hydrogen (secondary N) is 1. The number of rotatable bonds is 10. The molecular formula is C21H26N4O2S. The van der Waals surface area contributed by atoms with Crippen molar-refractivity contribution in [1.29, 1.82) is 0 Å². The number of amides is 1. The van der Waals surface area contributed by atoms with E-state index in [1.807, 2.05) is 60.0 Å². The third-order valence-corrected chi connectivity index (χ3v) is 5.05. The third kappa shape index (κ3) is 5.48. The number of aromatic nitrogens is 3. The number of fused-ring (bicyclic) bond motifs is 1. The summed E-state index contributed by atoms with van der Waals surface area (Å²) in [4.78, 5) is 12.5. The van der Waals surface area contributed by atoms with Crippen molar-refractivity contribution in [3.63, 3.8) is 0 Å². The predicted molar refractivity (Wildman–Crippen MR) is 113 cm³/mol. The Hall–Kier alpha value is -2.54. The fourth-order valence-corrected chi connectivity index (χ4v) is 3.46. The maximum absolute atomic E-state index is 12.5. The number of hydrogen-bond acceptors (Lipinski definition) is 5. The van der Waals surface area contributed by atoms with Gasteiger partial charge in [0.15, 0.2) is 11.5 Å². The molecule has 0 aliphatic heterocycles. The Balaban J connectivity index is 1.54. The van der Waals surface area contributed by atoms with Gasteiger partial charge in [-0.1, -0.05) is 18.2 Å². The molecule has 0 bridgehead atoms. The molecule has 1 atom stereocenters. The summed E-state index contributed by atoms with van der Waals surface area (Å²) in [5, 5.41) is 11.6. The summed E-state index contributed by atoms with van der Waals surface area (Å²) in [5.74, 6) is 2.55. The summed E-state index contributed by atoms with van der Waals surface area (Å²) in [6.07, 6.45) is 5.87. The van der Waals surface area contributed by atoms with Crippen LogP contribution in [0.3, 0.4) is 0 Å². The van der Waals surface area contributed by atoms with Gasteiger partial charge in [-0.25, -0.2) is 0 Å². The van der Waals surface area contributed by atoms with E-state index in [9.17, 15) is 4.79 Å². The van der Waals surface area contributed by atoms with Crippen LogP contribution in [0.15, 0.2) is 48.7 Å². The van der Waals surface area contributed by atoms with Crippen LogP contribution in [-0.4, -0.2) is 39.1 Å². The summed E-state index contributed by atoms with van der Waals surface area (Å²) in [6, 6.07) is 13.5. The van der Waals surface area contributed by atoms with E-state index in [0.29, 0.717) is 19.4 Å². The number of carbonyl (C=O) groups excluding carboxylic acids is 1. The Morgan fingerprint density at radius 1 is 1.25 bits per heavy atom. The third-order valence-electron chi connectivity index (χ3n) is 4.40. The molecule has 0 saturated heterocycles. The van der Waals surface area contributed by atoms with Crippen LogP contribution in [-0.2, 0) is 4.79 Å². The number of hydrogen-bond donors (Lipinski definition) is 1. The molecule has 28 heavy (non-hydrogen) atoms. The van der Waals surface area contributed by atoms with Gasteiger partial charge in [0, 0.05) is 12.6 Å². The molecule has 3 aromatic rings. The molecule has 6 nitrogen and oxygen atoms in total. The zero-order valence-electron chi connectivity index (χ0n) is 16.3. The summed E-state index contributed by atoms with van der Waals surface area (Å²) in [6.45, 7) is 2.55. The Bertz CT molecular complexity index is 912. The van der Waals surface area contributed by atoms with E-state index in [2.05, 4.69) is 21.8 Å². The highest BCUT2D eigenvalue weighted by Gasteiger charge is 2.19. The highest BCUT2D eigenvalue weighted by molar-refractivity contribution is 7.98. The summed E-state index contributed by atoms with van der Waals surface area (Å²) >= 11 is 1.75. The minimum Gasteiger partial charge on any atom is -0.494 e. The van der Waals surface area contributed by atoms with Gasteiger partial charge in [0.2, 0.25) is 5.91 Å². The van der Waals surface area contributed by atoms with Gasteiger partial charge in [-0.2, -0.15) is 11.8 Å². The molecule has 0 saturated carbocycles. The van der Waals surface area contributed by atoms with Crippen LogP contribution in [0.1, 0.15) is 36.7 Å². The SMILES string of the molecule is CSCCC(NC(=O)CCCOc1cccc(C)c1)c1nnc2ccccn12. The lowest BCUT2D eigenvalue weighted by atomic mass is 10.2. The highest BCUT2D eigenvalue weighted by atomic mass is 32.2. The molecule has 148 valence electrons. The molecule has 1 amide bonds. The van der Waals surface area contributed by atoms with E-state index >= 15 is 0 Å². The van der Waals surface area contributed by atoms with Gasteiger partial charge >= 0.3 is 0 Å². The van der Waals surface area contributed by atoms with Crippen molar-refractivity contribution in [1.82, 2.24) is 19.9 Å². The summed E-state index contributed by atoms with van der Waals surface area (Å²) in [7, 11) is 0. The second kappa shape index (κ2) is 10.1. The van der Waals surface area contributed by atoms with Gasteiger partial charge in [0.25, 0.3) is 0 Å². The smallest absolute Gasteiger partial charge is 0.220 e.